The second-order valence-electron chi connectivity index (χ2n) is 6.00. The summed E-state index contributed by atoms with van der Waals surface area (Å²) in [4.78, 5) is 28.0. The molecule has 0 bridgehead atoms. The molecule has 2 amide bonds. The van der Waals surface area contributed by atoms with Gasteiger partial charge in [-0.25, -0.2) is 0 Å². The molecular formula is C15H27N3O2. The average Bonchev–Trinajstić information content (AvgIpc) is 3.01. The van der Waals surface area contributed by atoms with Gasteiger partial charge in [0.2, 0.25) is 11.8 Å². The highest BCUT2D eigenvalue weighted by molar-refractivity contribution is 5.87. The van der Waals surface area contributed by atoms with E-state index in [1.807, 2.05) is 13.8 Å². The van der Waals surface area contributed by atoms with Crippen molar-refractivity contribution >= 4 is 11.8 Å². The first-order valence-electron chi connectivity index (χ1n) is 7.84. The Bertz CT molecular complexity index is 368. The number of hydrogen-bond donors (Lipinski definition) is 1. The zero-order valence-electron chi connectivity index (χ0n) is 12.9. The van der Waals surface area contributed by atoms with Crippen molar-refractivity contribution in [2.24, 2.45) is 11.8 Å². The lowest BCUT2D eigenvalue weighted by Crippen LogP contribution is -2.48. The number of nitrogens with one attached hydrogen (secondary N) is 1. The molecule has 5 heteroatoms. The van der Waals surface area contributed by atoms with Crippen LogP contribution in [-0.2, 0) is 9.59 Å². The van der Waals surface area contributed by atoms with Crippen molar-refractivity contribution in [3.8, 4) is 0 Å². The van der Waals surface area contributed by atoms with Gasteiger partial charge in [-0.05, 0) is 45.1 Å². The maximum atomic E-state index is 12.5. The first kappa shape index (κ1) is 15.3. The van der Waals surface area contributed by atoms with Gasteiger partial charge in [0.1, 0.15) is 0 Å². The van der Waals surface area contributed by atoms with Gasteiger partial charge in [-0.2, -0.15) is 0 Å². The Morgan fingerprint density at radius 1 is 1.20 bits per heavy atom. The molecular weight excluding hydrogens is 254 g/mol. The van der Waals surface area contributed by atoms with Gasteiger partial charge in [-0.1, -0.05) is 6.42 Å². The molecule has 5 nitrogen and oxygen atoms in total. The molecule has 1 aliphatic carbocycles. The van der Waals surface area contributed by atoms with Crippen molar-refractivity contribution in [1.82, 2.24) is 15.1 Å². The number of amides is 2. The zero-order valence-corrected chi connectivity index (χ0v) is 12.9. The molecule has 0 spiro atoms. The van der Waals surface area contributed by atoms with E-state index in [4.69, 9.17) is 0 Å². The lowest BCUT2D eigenvalue weighted by molar-refractivity contribution is -0.140. The van der Waals surface area contributed by atoms with E-state index in [2.05, 4.69) is 5.32 Å². The summed E-state index contributed by atoms with van der Waals surface area (Å²) in [6.07, 6.45) is 3.62. The maximum Gasteiger partial charge on any atom is 0.242 e. The molecule has 3 unspecified atom stereocenters. The number of fused-ring (bicyclic) bond motifs is 1. The van der Waals surface area contributed by atoms with E-state index in [0.29, 0.717) is 24.9 Å². The fourth-order valence-corrected chi connectivity index (χ4v) is 3.65. The summed E-state index contributed by atoms with van der Waals surface area (Å²) in [5, 5.41) is 3.35. The third-order valence-corrected chi connectivity index (χ3v) is 4.88. The molecule has 1 saturated carbocycles. The van der Waals surface area contributed by atoms with E-state index in [1.54, 1.807) is 16.8 Å². The van der Waals surface area contributed by atoms with E-state index in [0.717, 1.165) is 13.0 Å². The van der Waals surface area contributed by atoms with E-state index >= 15 is 0 Å². The van der Waals surface area contributed by atoms with Crippen LogP contribution in [-0.4, -0.2) is 60.9 Å². The molecule has 3 atom stereocenters. The summed E-state index contributed by atoms with van der Waals surface area (Å²) in [6, 6.07) is -0.0722. The topological polar surface area (TPSA) is 52.7 Å². The lowest BCUT2D eigenvalue weighted by Gasteiger charge is -2.27. The number of likely N-dealkylation sites (N-methyl/N-ethyl adjacent to an activating group) is 2. The molecule has 0 aromatic rings. The normalized spacial score (nSPS) is 28.2. The predicted molar refractivity (Wildman–Crippen MR) is 78.2 cm³/mol. The Morgan fingerprint density at radius 2 is 1.90 bits per heavy atom. The van der Waals surface area contributed by atoms with Crippen LogP contribution in [0.3, 0.4) is 0 Å². The van der Waals surface area contributed by atoms with Gasteiger partial charge in [0.05, 0.1) is 12.6 Å². The van der Waals surface area contributed by atoms with Crippen LogP contribution < -0.4 is 5.32 Å². The van der Waals surface area contributed by atoms with Gasteiger partial charge in [0, 0.05) is 20.1 Å². The number of carbonyl (C=O) groups excluding carboxylic acids is 2. The molecule has 0 aromatic carbocycles. The molecule has 2 fully saturated rings. The Hall–Kier alpha value is -1.10. The zero-order chi connectivity index (χ0) is 14.7. The second kappa shape index (κ2) is 6.57. The minimum absolute atomic E-state index is 0.0341. The van der Waals surface area contributed by atoms with Crippen LogP contribution in [0.5, 0.6) is 0 Å². The third kappa shape index (κ3) is 2.97. The Balaban J connectivity index is 1.90. The molecule has 1 heterocycles. The van der Waals surface area contributed by atoms with Crippen molar-refractivity contribution < 1.29 is 9.59 Å². The van der Waals surface area contributed by atoms with Gasteiger partial charge >= 0.3 is 0 Å². The van der Waals surface area contributed by atoms with Crippen molar-refractivity contribution in [3.63, 3.8) is 0 Å². The standard InChI is InChI=1S/C15H27N3O2/c1-4-18(5-2)13(19)10-17(3)15(20)14-12-8-6-7-11(12)9-16-14/h11-12,14,16H,4-10H2,1-3H3. The largest absolute Gasteiger partial charge is 0.342 e. The monoisotopic (exact) mass is 281 g/mol. The minimum Gasteiger partial charge on any atom is -0.342 e. The van der Waals surface area contributed by atoms with Crippen molar-refractivity contribution in [3.05, 3.63) is 0 Å². The number of hydrogen-bond acceptors (Lipinski definition) is 3. The van der Waals surface area contributed by atoms with Crippen LogP contribution in [0.15, 0.2) is 0 Å². The smallest absolute Gasteiger partial charge is 0.242 e. The molecule has 1 aliphatic heterocycles. The number of nitrogens with zero attached hydrogens (tertiary/aromatic N) is 2. The summed E-state index contributed by atoms with van der Waals surface area (Å²) >= 11 is 0. The first-order chi connectivity index (χ1) is 9.58. The molecule has 0 radical (unpaired) electrons. The van der Waals surface area contributed by atoms with E-state index in [9.17, 15) is 9.59 Å². The fourth-order valence-electron chi connectivity index (χ4n) is 3.65. The second-order valence-corrected chi connectivity index (χ2v) is 6.00. The maximum absolute atomic E-state index is 12.5. The van der Waals surface area contributed by atoms with Crippen LogP contribution in [0.1, 0.15) is 33.1 Å². The van der Waals surface area contributed by atoms with Gasteiger partial charge in [0.25, 0.3) is 0 Å². The van der Waals surface area contributed by atoms with Crippen LogP contribution in [0.2, 0.25) is 0 Å². The minimum atomic E-state index is -0.0722. The summed E-state index contributed by atoms with van der Waals surface area (Å²) in [7, 11) is 1.74. The summed E-state index contributed by atoms with van der Waals surface area (Å²) < 4.78 is 0. The molecule has 2 rings (SSSR count). The molecule has 1 N–H and O–H groups in total. The Kier molecular flexibility index (Phi) is 5.02. The molecule has 114 valence electrons. The molecule has 2 aliphatic rings. The SMILES string of the molecule is CCN(CC)C(=O)CN(C)C(=O)C1NCC2CCCC21. The van der Waals surface area contributed by atoms with Crippen molar-refractivity contribution in [1.29, 1.82) is 0 Å². The van der Waals surface area contributed by atoms with Crippen LogP contribution in [0.4, 0.5) is 0 Å². The van der Waals surface area contributed by atoms with E-state index in [-0.39, 0.29) is 24.4 Å². The van der Waals surface area contributed by atoms with Gasteiger partial charge in [-0.15, -0.1) is 0 Å². The predicted octanol–water partition coefficient (Wildman–Crippen LogP) is 0.701. The first-order valence-corrected chi connectivity index (χ1v) is 7.84. The summed E-state index contributed by atoms with van der Waals surface area (Å²) in [5.74, 6) is 1.26. The van der Waals surface area contributed by atoms with Crippen LogP contribution in [0.25, 0.3) is 0 Å². The molecule has 1 saturated heterocycles. The Labute approximate surface area is 121 Å². The molecule has 0 aromatic heterocycles. The summed E-state index contributed by atoms with van der Waals surface area (Å²) in [6.45, 7) is 6.47. The molecule has 20 heavy (non-hydrogen) atoms. The Morgan fingerprint density at radius 3 is 2.55 bits per heavy atom. The van der Waals surface area contributed by atoms with Crippen molar-refractivity contribution in [2.45, 2.75) is 39.2 Å². The highest BCUT2D eigenvalue weighted by Crippen LogP contribution is 2.38. The number of carbonyl (C=O) groups is 2. The van der Waals surface area contributed by atoms with E-state index < -0.39 is 0 Å². The van der Waals surface area contributed by atoms with Crippen LogP contribution >= 0.6 is 0 Å². The van der Waals surface area contributed by atoms with Gasteiger partial charge in [-0.3, -0.25) is 9.59 Å². The number of rotatable bonds is 5. The highest BCUT2D eigenvalue weighted by Gasteiger charge is 2.43. The summed E-state index contributed by atoms with van der Waals surface area (Å²) in [5.41, 5.74) is 0. The van der Waals surface area contributed by atoms with Crippen LogP contribution in [0, 0.1) is 11.8 Å². The van der Waals surface area contributed by atoms with Gasteiger partial charge < -0.3 is 15.1 Å². The van der Waals surface area contributed by atoms with E-state index in [1.165, 1.54) is 12.8 Å². The van der Waals surface area contributed by atoms with Gasteiger partial charge in [0.15, 0.2) is 0 Å². The highest BCUT2D eigenvalue weighted by atomic mass is 16.2. The lowest BCUT2D eigenvalue weighted by atomic mass is 9.93. The average molecular weight is 281 g/mol. The third-order valence-electron chi connectivity index (χ3n) is 4.88. The fraction of sp³-hybridized carbons (Fsp3) is 0.867. The van der Waals surface area contributed by atoms with Crippen molar-refractivity contribution in [2.75, 3.05) is 33.2 Å². The quantitative estimate of drug-likeness (QED) is 0.807.